The summed E-state index contributed by atoms with van der Waals surface area (Å²) in [5.74, 6) is -0.318. The minimum absolute atomic E-state index is 0.00348. The Balaban J connectivity index is 1.98. The van der Waals surface area contributed by atoms with Gasteiger partial charge in [0.25, 0.3) is 18.8 Å². The standard InChI is InChI=1S/C16H19F4N3O3/c1-2-25-7-3-6-21-16(24)13-5-4-10(26-13)9-23-12(15(19)20)8-11(22-23)14(17)18/h4-5,8,14-15H,2-3,6-7,9H2,1H3,(H,21,24). The van der Waals surface area contributed by atoms with E-state index in [2.05, 4.69) is 10.4 Å². The minimum Gasteiger partial charge on any atom is -0.454 e. The summed E-state index contributed by atoms with van der Waals surface area (Å²) in [6, 6.07) is 3.45. The topological polar surface area (TPSA) is 69.3 Å². The molecule has 26 heavy (non-hydrogen) atoms. The molecule has 1 amide bonds. The van der Waals surface area contributed by atoms with E-state index in [9.17, 15) is 22.4 Å². The smallest absolute Gasteiger partial charge is 0.286 e. The number of nitrogens with one attached hydrogen (secondary N) is 1. The van der Waals surface area contributed by atoms with Crippen LogP contribution in [0.25, 0.3) is 0 Å². The SMILES string of the molecule is CCOCCCNC(=O)c1ccc(Cn2nc(C(F)F)cc2C(F)F)o1. The Bertz CT molecular complexity index is 715. The molecule has 0 aliphatic heterocycles. The Labute approximate surface area is 147 Å². The van der Waals surface area contributed by atoms with Gasteiger partial charge in [-0.3, -0.25) is 9.48 Å². The molecule has 0 aliphatic rings. The van der Waals surface area contributed by atoms with E-state index in [-0.39, 0.29) is 18.1 Å². The highest BCUT2D eigenvalue weighted by Gasteiger charge is 2.22. The van der Waals surface area contributed by atoms with E-state index >= 15 is 0 Å². The quantitative estimate of drug-likeness (QED) is 0.508. The largest absolute Gasteiger partial charge is 0.454 e. The van der Waals surface area contributed by atoms with Crippen molar-refractivity contribution in [2.45, 2.75) is 32.7 Å². The molecule has 0 bridgehead atoms. The number of aromatic nitrogens is 2. The lowest BCUT2D eigenvalue weighted by molar-refractivity contribution is 0.0914. The average molecular weight is 377 g/mol. The zero-order valence-electron chi connectivity index (χ0n) is 14.1. The highest BCUT2D eigenvalue weighted by molar-refractivity contribution is 5.91. The lowest BCUT2D eigenvalue weighted by Gasteiger charge is -2.05. The molecule has 0 saturated carbocycles. The predicted molar refractivity (Wildman–Crippen MR) is 83.4 cm³/mol. The van der Waals surface area contributed by atoms with Crippen LogP contribution in [0, 0.1) is 0 Å². The highest BCUT2D eigenvalue weighted by atomic mass is 19.3. The Kier molecular flexibility index (Phi) is 7.19. The number of hydrogen-bond donors (Lipinski definition) is 1. The molecule has 1 N–H and O–H groups in total. The Morgan fingerprint density at radius 1 is 1.31 bits per heavy atom. The summed E-state index contributed by atoms with van der Waals surface area (Å²) in [4.78, 5) is 11.9. The second-order valence-electron chi connectivity index (χ2n) is 5.33. The summed E-state index contributed by atoms with van der Waals surface area (Å²) < 4.78 is 62.4. The van der Waals surface area contributed by atoms with Crippen LogP contribution in [0.1, 0.15) is 53.9 Å². The van der Waals surface area contributed by atoms with E-state index in [1.54, 1.807) is 0 Å². The van der Waals surface area contributed by atoms with E-state index in [1.165, 1.54) is 12.1 Å². The molecule has 0 aliphatic carbocycles. The van der Waals surface area contributed by atoms with E-state index in [0.29, 0.717) is 32.2 Å². The maximum atomic E-state index is 13.0. The minimum atomic E-state index is -2.96. The van der Waals surface area contributed by atoms with Gasteiger partial charge >= 0.3 is 0 Å². The zero-order valence-corrected chi connectivity index (χ0v) is 14.1. The second kappa shape index (κ2) is 9.37. The number of halogens is 4. The van der Waals surface area contributed by atoms with Crippen molar-refractivity contribution in [2.75, 3.05) is 19.8 Å². The van der Waals surface area contributed by atoms with Crippen molar-refractivity contribution in [3.05, 3.63) is 41.1 Å². The van der Waals surface area contributed by atoms with Crippen LogP contribution in [-0.2, 0) is 11.3 Å². The Morgan fingerprint density at radius 3 is 2.73 bits per heavy atom. The third-order valence-electron chi connectivity index (χ3n) is 3.42. The van der Waals surface area contributed by atoms with Crippen LogP contribution in [0.3, 0.4) is 0 Å². The molecule has 0 unspecified atom stereocenters. The molecular weight excluding hydrogens is 358 g/mol. The molecule has 144 valence electrons. The molecule has 0 aromatic carbocycles. The number of rotatable bonds is 10. The summed E-state index contributed by atoms with van der Waals surface area (Å²) >= 11 is 0. The summed E-state index contributed by atoms with van der Waals surface area (Å²) in [7, 11) is 0. The average Bonchev–Trinajstić information content (AvgIpc) is 3.22. The van der Waals surface area contributed by atoms with Gasteiger partial charge in [0, 0.05) is 19.8 Å². The lowest BCUT2D eigenvalue weighted by Crippen LogP contribution is -2.24. The Morgan fingerprint density at radius 2 is 2.08 bits per heavy atom. The fraction of sp³-hybridized carbons (Fsp3) is 0.500. The van der Waals surface area contributed by atoms with Crippen LogP contribution in [0.4, 0.5) is 17.6 Å². The lowest BCUT2D eigenvalue weighted by atomic mass is 10.3. The molecule has 0 spiro atoms. The van der Waals surface area contributed by atoms with E-state index in [0.717, 1.165) is 4.68 Å². The van der Waals surface area contributed by atoms with Crippen molar-refractivity contribution in [3.63, 3.8) is 0 Å². The van der Waals surface area contributed by atoms with Crippen molar-refractivity contribution in [1.29, 1.82) is 0 Å². The van der Waals surface area contributed by atoms with Crippen LogP contribution in [0.15, 0.2) is 22.6 Å². The first-order valence-corrected chi connectivity index (χ1v) is 8.01. The molecule has 0 fully saturated rings. The predicted octanol–water partition coefficient (Wildman–Crippen LogP) is 3.56. The first-order chi connectivity index (χ1) is 12.4. The number of alkyl halides is 4. The molecule has 0 radical (unpaired) electrons. The van der Waals surface area contributed by atoms with Gasteiger partial charge in [-0.2, -0.15) is 5.10 Å². The van der Waals surface area contributed by atoms with Gasteiger partial charge in [-0.25, -0.2) is 17.6 Å². The zero-order chi connectivity index (χ0) is 19.1. The molecule has 0 saturated heterocycles. The van der Waals surface area contributed by atoms with Crippen molar-refractivity contribution in [2.24, 2.45) is 0 Å². The molecule has 2 rings (SSSR count). The van der Waals surface area contributed by atoms with Gasteiger partial charge < -0.3 is 14.5 Å². The molecule has 10 heteroatoms. The number of carbonyl (C=O) groups is 1. The third-order valence-corrected chi connectivity index (χ3v) is 3.42. The van der Waals surface area contributed by atoms with Gasteiger partial charge in [-0.15, -0.1) is 0 Å². The van der Waals surface area contributed by atoms with Crippen LogP contribution in [-0.4, -0.2) is 35.4 Å². The summed E-state index contributed by atoms with van der Waals surface area (Å²) in [6.07, 6.45) is -5.28. The van der Waals surface area contributed by atoms with E-state index in [1.807, 2.05) is 6.92 Å². The van der Waals surface area contributed by atoms with Gasteiger partial charge in [-0.05, 0) is 31.5 Å². The van der Waals surface area contributed by atoms with Gasteiger partial charge in [0.15, 0.2) is 5.76 Å². The normalized spacial score (nSPS) is 11.5. The molecule has 2 aromatic rings. The van der Waals surface area contributed by atoms with Crippen molar-refractivity contribution < 1.29 is 31.5 Å². The summed E-state index contributed by atoms with van der Waals surface area (Å²) in [5, 5.41) is 6.10. The van der Waals surface area contributed by atoms with E-state index < -0.39 is 30.1 Å². The maximum Gasteiger partial charge on any atom is 0.286 e. The molecule has 2 heterocycles. The summed E-state index contributed by atoms with van der Waals surface area (Å²) in [6.45, 7) is 3.08. The van der Waals surface area contributed by atoms with Crippen molar-refractivity contribution in [3.8, 4) is 0 Å². The number of carbonyl (C=O) groups excluding carboxylic acids is 1. The third kappa shape index (κ3) is 5.32. The molecule has 0 atom stereocenters. The molecular formula is C16H19F4N3O3. The first kappa shape index (κ1) is 20.0. The van der Waals surface area contributed by atoms with Crippen LogP contribution in [0.5, 0.6) is 0 Å². The fourth-order valence-corrected chi connectivity index (χ4v) is 2.20. The van der Waals surface area contributed by atoms with Gasteiger partial charge in [0.1, 0.15) is 17.1 Å². The summed E-state index contributed by atoms with van der Waals surface area (Å²) in [5.41, 5.74) is -1.38. The monoisotopic (exact) mass is 377 g/mol. The Hall–Kier alpha value is -2.36. The van der Waals surface area contributed by atoms with Crippen LogP contribution in [0.2, 0.25) is 0 Å². The highest BCUT2D eigenvalue weighted by Crippen LogP contribution is 2.25. The van der Waals surface area contributed by atoms with Crippen molar-refractivity contribution in [1.82, 2.24) is 15.1 Å². The molecule has 6 nitrogen and oxygen atoms in total. The second-order valence-corrected chi connectivity index (χ2v) is 5.33. The number of nitrogens with zero attached hydrogens (tertiary/aromatic N) is 2. The fourth-order valence-electron chi connectivity index (χ4n) is 2.20. The van der Waals surface area contributed by atoms with Gasteiger partial charge in [0.05, 0.1) is 6.54 Å². The maximum absolute atomic E-state index is 13.0. The molecule has 2 aromatic heterocycles. The number of hydrogen-bond acceptors (Lipinski definition) is 4. The number of amides is 1. The number of ether oxygens (including phenoxy) is 1. The number of furan rings is 1. The van der Waals surface area contributed by atoms with Crippen LogP contribution < -0.4 is 5.32 Å². The van der Waals surface area contributed by atoms with E-state index in [4.69, 9.17) is 9.15 Å². The van der Waals surface area contributed by atoms with Gasteiger partial charge in [0.2, 0.25) is 0 Å². The van der Waals surface area contributed by atoms with Gasteiger partial charge in [-0.1, -0.05) is 0 Å². The van der Waals surface area contributed by atoms with Crippen molar-refractivity contribution >= 4 is 5.91 Å². The first-order valence-electron chi connectivity index (χ1n) is 8.01. The van der Waals surface area contributed by atoms with Crippen LogP contribution >= 0.6 is 0 Å².